The van der Waals surface area contributed by atoms with Crippen molar-refractivity contribution < 1.29 is 0 Å². The summed E-state index contributed by atoms with van der Waals surface area (Å²) in [5.41, 5.74) is 0.581. The highest BCUT2D eigenvalue weighted by Crippen LogP contribution is 2.47. The van der Waals surface area contributed by atoms with Gasteiger partial charge in [0.1, 0.15) is 0 Å². The van der Waals surface area contributed by atoms with Gasteiger partial charge < -0.3 is 26.6 Å². The fraction of sp³-hybridized carbons (Fsp3) is 1.00. The van der Waals surface area contributed by atoms with Gasteiger partial charge in [-0.15, -0.1) is 0 Å². The average Bonchev–Trinajstić information content (AvgIpc) is 3.23. The van der Waals surface area contributed by atoms with Crippen molar-refractivity contribution in [2.75, 3.05) is 19.6 Å². The van der Waals surface area contributed by atoms with Gasteiger partial charge in [0.2, 0.25) is 0 Å². The standard InChI is InChI=1S/C18H31N5/c1-3-12-4-2-11(1)15(22-12)17-8-18(10-20-17,21-9-17)16-14-6-5-13(23-16)7-19-14/h11-16,19-23H,1-10H2. The second kappa shape index (κ2) is 4.70. The molecule has 0 aromatic heterocycles. The molecule has 8 rings (SSSR count). The summed E-state index contributed by atoms with van der Waals surface area (Å²) in [4.78, 5) is 0. The topological polar surface area (TPSA) is 60.1 Å². The minimum atomic E-state index is 0.273. The number of fused-ring (bicyclic) bond motifs is 10. The second-order valence-electron chi connectivity index (χ2n) is 9.39. The summed E-state index contributed by atoms with van der Waals surface area (Å²) in [7, 11) is 0. The maximum Gasteiger partial charge on any atom is 0.0496 e. The molecule has 7 aliphatic heterocycles. The lowest BCUT2D eigenvalue weighted by atomic mass is 9.68. The van der Waals surface area contributed by atoms with E-state index in [-0.39, 0.29) is 5.54 Å². The maximum absolute atomic E-state index is 4.03. The van der Waals surface area contributed by atoms with Crippen molar-refractivity contribution in [3.8, 4) is 0 Å². The van der Waals surface area contributed by atoms with E-state index in [4.69, 9.17) is 0 Å². The lowest BCUT2D eigenvalue weighted by molar-refractivity contribution is 0.0857. The van der Waals surface area contributed by atoms with Crippen LogP contribution < -0.4 is 26.6 Å². The Bertz CT molecular complexity index is 440. The molecule has 0 radical (unpaired) electrons. The first kappa shape index (κ1) is 14.0. The van der Waals surface area contributed by atoms with E-state index in [0.29, 0.717) is 29.7 Å². The third-order valence-electron chi connectivity index (χ3n) is 8.26. The van der Waals surface area contributed by atoms with Gasteiger partial charge >= 0.3 is 0 Å². The summed E-state index contributed by atoms with van der Waals surface area (Å²) in [6.07, 6.45) is 9.74. The minimum Gasteiger partial charge on any atom is -0.311 e. The Hall–Kier alpha value is -0.200. The molecule has 0 amide bonds. The molecule has 128 valence electrons. The number of hydrogen-bond acceptors (Lipinski definition) is 5. The lowest BCUT2D eigenvalue weighted by Crippen LogP contribution is -2.76. The lowest BCUT2D eigenvalue weighted by Gasteiger charge is -2.51. The van der Waals surface area contributed by atoms with E-state index in [2.05, 4.69) is 26.6 Å². The van der Waals surface area contributed by atoms with Crippen LogP contribution in [0, 0.1) is 5.92 Å². The van der Waals surface area contributed by atoms with Crippen LogP contribution in [0.15, 0.2) is 0 Å². The van der Waals surface area contributed by atoms with E-state index in [9.17, 15) is 0 Å². The molecule has 0 aromatic carbocycles. The van der Waals surface area contributed by atoms with E-state index in [0.717, 1.165) is 25.0 Å². The molecule has 23 heavy (non-hydrogen) atoms. The molecule has 0 aromatic rings. The predicted octanol–water partition coefficient (Wildman–Crippen LogP) is -0.316. The zero-order valence-electron chi connectivity index (χ0n) is 14.0. The summed E-state index contributed by atoms with van der Waals surface area (Å²) in [6, 6.07) is 3.45. The SMILES string of the molecule is C1CC2CCC1NC2C12CNC(C3NC4CCC3NC4)(CN1)C2. The van der Waals surface area contributed by atoms with Crippen molar-refractivity contribution >= 4 is 0 Å². The average molecular weight is 317 g/mol. The third-order valence-corrected chi connectivity index (χ3v) is 8.26. The van der Waals surface area contributed by atoms with Crippen molar-refractivity contribution in [2.45, 2.75) is 86.2 Å². The van der Waals surface area contributed by atoms with Gasteiger partial charge in [0, 0.05) is 60.9 Å². The maximum atomic E-state index is 4.03. The molecule has 8 aliphatic rings. The van der Waals surface area contributed by atoms with Crippen LogP contribution in [0.3, 0.4) is 0 Å². The second-order valence-corrected chi connectivity index (χ2v) is 9.39. The summed E-state index contributed by atoms with van der Waals surface area (Å²) < 4.78 is 0. The van der Waals surface area contributed by atoms with Crippen LogP contribution in [-0.2, 0) is 0 Å². The molecule has 6 atom stereocenters. The summed E-state index contributed by atoms with van der Waals surface area (Å²) in [5, 5.41) is 19.9. The molecule has 1 saturated carbocycles. The smallest absolute Gasteiger partial charge is 0.0496 e. The zero-order valence-corrected chi connectivity index (χ0v) is 14.0. The molecule has 5 nitrogen and oxygen atoms in total. The Morgan fingerprint density at radius 3 is 1.91 bits per heavy atom. The van der Waals surface area contributed by atoms with E-state index < -0.39 is 0 Å². The van der Waals surface area contributed by atoms with E-state index >= 15 is 0 Å². The summed E-state index contributed by atoms with van der Waals surface area (Å²) >= 11 is 0. The van der Waals surface area contributed by atoms with Gasteiger partial charge in [-0.25, -0.2) is 0 Å². The van der Waals surface area contributed by atoms with Crippen LogP contribution >= 0.6 is 0 Å². The van der Waals surface area contributed by atoms with Crippen LogP contribution in [0.5, 0.6) is 0 Å². The van der Waals surface area contributed by atoms with Gasteiger partial charge in [0.15, 0.2) is 0 Å². The third kappa shape index (κ3) is 1.86. The monoisotopic (exact) mass is 317 g/mol. The molecular formula is C18H31N5. The highest BCUT2D eigenvalue weighted by atomic mass is 15.3. The Morgan fingerprint density at radius 2 is 1.39 bits per heavy atom. The van der Waals surface area contributed by atoms with Crippen molar-refractivity contribution in [3.05, 3.63) is 0 Å². The first-order valence-corrected chi connectivity index (χ1v) is 10.0. The van der Waals surface area contributed by atoms with E-state index in [1.54, 1.807) is 0 Å². The largest absolute Gasteiger partial charge is 0.311 e. The van der Waals surface area contributed by atoms with Crippen molar-refractivity contribution in [1.82, 2.24) is 26.6 Å². The zero-order chi connectivity index (χ0) is 15.1. The summed E-state index contributed by atoms with van der Waals surface area (Å²) in [6.45, 7) is 3.47. The van der Waals surface area contributed by atoms with Crippen molar-refractivity contribution in [1.29, 1.82) is 0 Å². The van der Waals surface area contributed by atoms with Gasteiger partial charge in [-0.1, -0.05) is 0 Å². The van der Waals surface area contributed by atoms with Crippen LogP contribution in [-0.4, -0.2) is 60.9 Å². The van der Waals surface area contributed by atoms with Crippen LogP contribution in [0.2, 0.25) is 0 Å². The van der Waals surface area contributed by atoms with Crippen LogP contribution in [0.1, 0.15) is 44.9 Å². The minimum absolute atomic E-state index is 0.273. The number of rotatable bonds is 2. The first-order valence-electron chi connectivity index (χ1n) is 10.0. The molecule has 7 saturated heterocycles. The normalized spacial score (nSPS) is 60.5. The Kier molecular flexibility index (Phi) is 2.86. The van der Waals surface area contributed by atoms with Gasteiger partial charge in [-0.05, 0) is 50.9 Å². The molecule has 0 spiro atoms. The molecule has 6 unspecified atom stereocenters. The van der Waals surface area contributed by atoms with Gasteiger partial charge in [-0.2, -0.15) is 0 Å². The van der Waals surface area contributed by atoms with Crippen LogP contribution in [0.25, 0.3) is 0 Å². The number of piperidine rings is 4. The fourth-order valence-corrected chi connectivity index (χ4v) is 7.11. The van der Waals surface area contributed by atoms with E-state index in [1.165, 1.54) is 51.5 Å². The van der Waals surface area contributed by atoms with Gasteiger partial charge in [0.05, 0.1) is 0 Å². The van der Waals surface area contributed by atoms with Crippen molar-refractivity contribution in [3.63, 3.8) is 0 Å². The molecule has 5 heteroatoms. The van der Waals surface area contributed by atoms with Gasteiger partial charge in [0.25, 0.3) is 0 Å². The highest BCUT2D eigenvalue weighted by molar-refractivity contribution is 5.27. The number of piperazine rings is 2. The molecule has 5 N–H and O–H groups in total. The Balaban J connectivity index is 1.27. The predicted molar refractivity (Wildman–Crippen MR) is 90.5 cm³/mol. The molecule has 6 bridgehead atoms. The first-order chi connectivity index (χ1) is 11.3. The molecule has 1 aliphatic carbocycles. The van der Waals surface area contributed by atoms with E-state index in [1.807, 2.05) is 0 Å². The Labute approximate surface area is 139 Å². The number of hydrogen-bond donors (Lipinski definition) is 5. The molecular weight excluding hydrogens is 286 g/mol. The number of nitrogens with one attached hydrogen (secondary N) is 5. The molecule has 7 heterocycles. The fourth-order valence-electron chi connectivity index (χ4n) is 7.11. The Morgan fingerprint density at radius 1 is 0.696 bits per heavy atom. The van der Waals surface area contributed by atoms with Crippen LogP contribution in [0.4, 0.5) is 0 Å². The highest BCUT2D eigenvalue weighted by Gasteiger charge is 2.64. The quantitative estimate of drug-likeness (QED) is 0.483. The summed E-state index contributed by atoms with van der Waals surface area (Å²) in [5.74, 6) is 0.900. The molecule has 8 fully saturated rings. The van der Waals surface area contributed by atoms with Gasteiger partial charge in [-0.3, -0.25) is 0 Å². The van der Waals surface area contributed by atoms with Crippen molar-refractivity contribution in [2.24, 2.45) is 5.92 Å².